The van der Waals surface area contributed by atoms with Crippen molar-refractivity contribution in [1.29, 1.82) is 0 Å². The predicted octanol–water partition coefficient (Wildman–Crippen LogP) is 4.09. The summed E-state index contributed by atoms with van der Waals surface area (Å²) in [4.78, 5) is 12.6. The van der Waals surface area contributed by atoms with Crippen molar-refractivity contribution in [3.05, 3.63) is 90.0 Å². The maximum atomic E-state index is 12.6. The van der Waals surface area contributed by atoms with Gasteiger partial charge in [0.2, 0.25) is 10.0 Å². The Bertz CT molecular complexity index is 1190. The van der Waals surface area contributed by atoms with E-state index in [4.69, 9.17) is 4.74 Å². The Kier molecular flexibility index (Phi) is 7.27. The van der Waals surface area contributed by atoms with Crippen molar-refractivity contribution in [1.82, 2.24) is 5.43 Å². The molecule has 0 radical (unpaired) electrons. The molecule has 0 spiro atoms. The Hall–Kier alpha value is -3.65. The van der Waals surface area contributed by atoms with E-state index in [1.807, 2.05) is 61.5 Å². The first-order valence-electron chi connectivity index (χ1n) is 9.96. The number of carbonyl (C=O) groups excluding carboxylic acids is 1. The Morgan fingerprint density at radius 1 is 1.00 bits per heavy atom. The van der Waals surface area contributed by atoms with Crippen LogP contribution in [-0.4, -0.2) is 32.8 Å². The summed E-state index contributed by atoms with van der Waals surface area (Å²) in [7, 11) is -3.74. The fourth-order valence-electron chi connectivity index (χ4n) is 3.11. The van der Waals surface area contributed by atoms with Gasteiger partial charge in [-0.3, -0.25) is 9.10 Å². The number of anilines is 1. The molecule has 8 heteroatoms. The van der Waals surface area contributed by atoms with Gasteiger partial charge in [-0.15, -0.1) is 0 Å². The number of para-hydroxylation sites is 1. The van der Waals surface area contributed by atoms with Gasteiger partial charge in [-0.1, -0.05) is 48.0 Å². The molecule has 3 aromatic carbocycles. The van der Waals surface area contributed by atoms with E-state index >= 15 is 0 Å². The van der Waals surface area contributed by atoms with Gasteiger partial charge in [0.15, 0.2) is 0 Å². The van der Waals surface area contributed by atoms with Crippen molar-refractivity contribution in [2.75, 3.05) is 10.6 Å². The van der Waals surface area contributed by atoms with Crippen LogP contribution in [0.3, 0.4) is 0 Å². The Morgan fingerprint density at radius 2 is 1.66 bits per heavy atom. The normalized spacial score (nSPS) is 12.3. The molecule has 0 aliphatic rings. The monoisotopic (exact) mass is 451 g/mol. The molecule has 0 aromatic heterocycles. The highest BCUT2D eigenvalue weighted by atomic mass is 32.2. The molecule has 7 nitrogen and oxygen atoms in total. The number of nitrogens with one attached hydrogen (secondary N) is 1. The van der Waals surface area contributed by atoms with Crippen LogP contribution in [0.15, 0.2) is 84.0 Å². The first-order valence-corrected chi connectivity index (χ1v) is 11.8. The fourth-order valence-corrected chi connectivity index (χ4v) is 4.28. The molecule has 0 fully saturated rings. The summed E-state index contributed by atoms with van der Waals surface area (Å²) < 4.78 is 31.7. The van der Waals surface area contributed by atoms with Gasteiger partial charge < -0.3 is 4.74 Å². The van der Waals surface area contributed by atoms with E-state index < -0.39 is 22.0 Å². The molecule has 0 saturated heterocycles. The van der Waals surface area contributed by atoms with Crippen LogP contribution in [0.2, 0.25) is 0 Å². The average molecular weight is 452 g/mol. The molecule has 32 heavy (non-hydrogen) atoms. The molecule has 3 aromatic rings. The van der Waals surface area contributed by atoms with Gasteiger partial charge in [-0.05, 0) is 55.8 Å². The van der Waals surface area contributed by atoms with Crippen molar-refractivity contribution in [3.63, 3.8) is 0 Å². The largest absolute Gasteiger partial charge is 0.457 e. The maximum absolute atomic E-state index is 12.6. The maximum Gasteiger partial charge on any atom is 0.263 e. The van der Waals surface area contributed by atoms with Crippen molar-refractivity contribution < 1.29 is 17.9 Å². The summed E-state index contributed by atoms with van der Waals surface area (Å²) in [5.41, 5.74) is 4.65. The van der Waals surface area contributed by atoms with Crippen molar-refractivity contribution in [2.24, 2.45) is 5.10 Å². The third-order valence-electron chi connectivity index (χ3n) is 4.59. The van der Waals surface area contributed by atoms with Crippen LogP contribution < -0.4 is 14.5 Å². The minimum absolute atomic E-state index is 0.346. The lowest BCUT2D eigenvalue weighted by molar-refractivity contribution is -0.121. The van der Waals surface area contributed by atoms with Gasteiger partial charge >= 0.3 is 0 Å². The summed E-state index contributed by atoms with van der Waals surface area (Å²) >= 11 is 0. The van der Waals surface area contributed by atoms with Crippen molar-refractivity contribution in [2.45, 2.75) is 19.9 Å². The highest BCUT2D eigenvalue weighted by Crippen LogP contribution is 2.26. The van der Waals surface area contributed by atoms with E-state index in [-0.39, 0.29) is 0 Å². The fraction of sp³-hybridized carbons (Fsp3) is 0.167. The minimum Gasteiger partial charge on any atom is -0.457 e. The molecule has 0 unspecified atom stereocenters. The van der Waals surface area contributed by atoms with E-state index in [0.29, 0.717) is 17.2 Å². The molecule has 3 rings (SSSR count). The number of carbonyl (C=O) groups is 1. The van der Waals surface area contributed by atoms with E-state index in [0.717, 1.165) is 21.7 Å². The van der Waals surface area contributed by atoms with E-state index in [1.165, 1.54) is 13.1 Å². The van der Waals surface area contributed by atoms with E-state index in [9.17, 15) is 13.2 Å². The second-order valence-corrected chi connectivity index (χ2v) is 9.15. The lowest BCUT2D eigenvalue weighted by Crippen LogP contribution is -2.46. The minimum atomic E-state index is -3.74. The second kappa shape index (κ2) is 10.1. The summed E-state index contributed by atoms with van der Waals surface area (Å²) in [6, 6.07) is 22.3. The number of nitrogens with zero attached hydrogens (tertiary/aromatic N) is 2. The van der Waals surface area contributed by atoms with Crippen LogP contribution >= 0.6 is 0 Å². The van der Waals surface area contributed by atoms with Crippen LogP contribution in [0.25, 0.3) is 0 Å². The van der Waals surface area contributed by atoms with Gasteiger partial charge in [-0.2, -0.15) is 5.10 Å². The van der Waals surface area contributed by atoms with Gasteiger partial charge in [0.25, 0.3) is 5.91 Å². The number of aryl methyl sites for hydroxylation is 1. The van der Waals surface area contributed by atoms with Gasteiger partial charge in [0.05, 0.1) is 18.2 Å². The summed E-state index contributed by atoms with van der Waals surface area (Å²) in [5, 5.41) is 3.96. The molecule has 0 bridgehead atoms. The van der Waals surface area contributed by atoms with Gasteiger partial charge in [0, 0.05) is 0 Å². The topological polar surface area (TPSA) is 88.1 Å². The Morgan fingerprint density at radius 3 is 2.28 bits per heavy atom. The first-order chi connectivity index (χ1) is 15.2. The van der Waals surface area contributed by atoms with E-state index in [2.05, 4.69) is 10.5 Å². The molecule has 0 aliphatic heterocycles. The number of benzene rings is 3. The number of hydrogen-bond acceptors (Lipinski definition) is 5. The zero-order valence-electron chi connectivity index (χ0n) is 18.1. The Balaban J connectivity index is 1.73. The molecule has 1 amide bonds. The summed E-state index contributed by atoms with van der Waals surface area (Å²) in [6.45, 7) is 3.46. The standard InChI is InChI=1S/C24H25N3O4S/c1-18-8-7-9-20(16-18)17-25-26-24(28)19(2)27(32(3,29)30)21-12-14-23(15-13-21)31-22-10-5-4-6-11-22/h4-17,19H,1-3H3,(H,26,28)/b25-17-/t19-/m0/s1. The molecule has 1 atom stereocenters. The van der Waals surface area contributed by atoms with Crippen molar-refractivity contribution >= 4 is 27.8 Å². The van der Waals surface area contributed by atoms with Crippen LogP contribution in [0, 0.1) is 6.92 Å². The third kappa shape index (κ3) is 6.18. The van der Waals surface area contributed by atoms with Crippen molar-refractivity contribution in [3.8, 4) is 11.5 Å². The van der Waals surface area contributed by atoms with Crippen LogP contribution in [0.4, 0.5) is 5.69 Å². The van der Waals surface area contributed by atoms with Crippen LogP contribution in [-0.2, 0) is 14.8 Å². The number of sulfonamides is 1. The Labute approximate surface area is 188 Å². The number of amides is 1. The van der Waals surface area contributed by atoms with Gasteiger partial charge in [-0.25, -0.2) is 13.8 Å². The molecule has 166 valence electrons. The van der Waals surface area contributed by atoms with Crippen LogP contribution in [0.5, 0.6) is 11.5 Å². The highest BCUT2D eigenvalue weighted by Gasteiger charge is 2.29. The average Bonchev–Trinajstić information content (AvgIpc) is 2.75. The number of hydrogen-bond donors (Lipinski definition) is 1. The molecule has 0 heterocycles. The molecular formula is C24H25N3O4S. The highest BCUT2D eigenvalue weighted by molar-refractivity contribution is 7.92. The molecule has 1 N–H and O–H groups in total. The first kappa shape index (κ1) is 23.0. The number of hydrazone groups is 1. The lowest BCUT2D eigenvalue weighted by atomic mass is 10.2. The molecular weight excluding hydrogens is 426 g/mol. The number of ether oxygens (including phenoxy) is 1. The molecule has 0 aliphatic carbocycles. The van der Waals surface area contributed by atoms with E-state index in [1.54, 1.807) is 24.3 Å². The van der Waals surface area contributed by atoms with Crippen LogP contribution in [0.1, 0.15) is 18.1 Å². The number of rotatable bonds is 8. The smallest absolute Gasteiger partial charge is 0.263 e. The zero-order valence-corrected chi connectivity index (χ0v) is 18.9. The predicted molar refractivity (Wildman–Crippen MR) is 127 cm³/mol. The second-order valence-electron chi connectivity index (χ2n) is 7.29. The quantitative estimate of drug-likeness (QED) is 0.413. The summed E-state index contributed by atoms with van der Waals surface area (Å²) in [6.07, 6.45) is 2.57. The SMILES string of the molecule is Cc1cccc(/C=N\NC(=O)[C@H](C)N(c2ccc(Oc3ccccc3)cc2)S(C)(=O)=O)c1. The third-order valence-corrected chi connectivity index (χ3v) is 5.83. The van der Waals surface area contributed by atoms with Gasteiger partial charge in [0.1, 0.15) is 17.5 Å². The molecule has 0 saturated carbocycles. The lowest BCUT2D eigenvalue weighted by Gasteiger charge is -2.27. The summed E-state index contributed by atoms with van der Waals surface area (Å²) in [5.74, 6) is 0.664. The zero-order chi connectivity index (χ0) is 23.1.